The highest BCUT2D eigenvalue weighted by Gasteiger charge is 2.53. The van der Waals surface area contributed by atoms with Crippen LogP contribution in [0.2, 0.25) is 0 Å². The summed E-state index contributed by atoms with van der Waals surface area (Å²) in [6, 6.07) is 0.489. The molecule has 0 radical (unpaired) electrons. The SMILES string of the molecule is CC.CC(C)N(C)C(=O)N1CCN(C)CC12CC2. The first-order chi connectivity index (χ1) is 8.46. The summed E-state index contributed by atoms with van der Waals surface area (Å²) in [7, 11) is 4.05. The molecular weight excluding hydrogens is 226 g/mol. The minimum atomic E-state index is 0.174. The third-order valence-corrected chi connectivity index (χ3v) is 3.98. The van der Waals surface area contributed by atoms with Gasteiger partial charge in [0.25, 0.3) is 0 Å². The molecule has 0 atom stereocenters. The van der Waals surface area contributed by atoms with Crippen LogP contribution in [0.5, 0.6) is 0 Å². The average Bonchev–Trinajstić information content (AvgIpc) is 3.10. The van der Waals surface area contributed by atoms with Crippen molar-refractivity contribution in [2.75, 3.05) is 33.7 Å². The van der Waals surface area contributed by atoms with Crippen LogP contribution in [0.4, 0.5) is 4.79 Å². The summed E-state index contributed by atoms with van der Waals surface area (Å²) in [5.74, 6) is 0. The molecule has 18 heavy (non-hydrogen) atoms. The van der Waals surface area contributed by atoms with E-state index in [0.717, 1.165) is 19.6 Å². The molecule has 1 saturated heterocycles. The quantitative estimate of drug-likeness (QED) is 0.718. The van der Waals surface area contributed by atoms with E-state index in [1.807, 2.05) is 25.8 Å². The summed E-state index contributed by atoms with van der Waals surface area (Å²) in [5, 5.41) is 0. The van der Waals surface area contributed by atoms with Crippen molar-refractivity contribution in [1.29, 1.82) is 0 Å². The monoisotopic (exact) mass is 255 g/mol. The Labute approximate surface area is 112 Å². The standard InChI is InChI=1S/C12H23N3O.C2H6/c1-10(2)14(4)11(16)15-8-7-13(3)9-12(15)5-6-12;1-2/h10H,5-9H2,1-4H3;1-2H3. The molecule has 4 heteroatoms. The summed E-state index contributed by atoms with van der Waals surface area (Å²) in [6.45, 7) is 11.1. The summed E-state index contributed by atoms with van der Waals surface area (Å²) < 4.78 is 0. The maximum Gasteiger partial charge on any atom is 0.320 e. The molecule has 0 aromatic heterocycles. The van der Waals surface area contributed by atoms with Crippen LogP contribution in [0, 0.1) is 0 Å². The fourth-order valence-electron chi connectivity index (χ4n) is 2.46. The van der Waals surface area contributed by atoms with E-state index in [4.69, 9.17) is 0 Å². The Hall–Kier alpha value is -0.770. The van der Waals surface area contributed by atoms with Gasteiger partial charge in [0.15, 0.2) is 0 Å². The van der Waals surface area contributed by atoms with Crippen molar-refractivity contribution in [1.82, 2.24) is 14.7 Å². The minimum absolute atomic E-state index is 0.174. The minimum Gasteiger partial charge on any atom is -0.325 e. The number of nitrogens with zero attached hydrogens (tertiary/aromatic N) is 3. The second kappa shape index (κ2) is 5.91. The van der Waals surface area contributed by atoms with Gasteiger partial charge in [-0.1, -0.05) is 13.8 Å². The van der Waals surface area contributed by atoms with Crippen molar-refractivity contribution in [2.45, 2.75) is 52.1 Å². The van der Waals surface area contributed by atoms with Crippen LogP contribution < -0.4 is 0 Å². The van der Waals surface area contributed by atoms with Gasteiger partial charge < -0.3 is 14.7 Å². The number of carbonyl (C=O) groups excluding carboxylic acids is 1. The molecule has 1 spiro atoms. The number of urea groups is 1. The second-order valence-corrected chi connectivity index (χ2v) is 5.60. The Bertz CT molecular complexity index is 287. The van der Waals surface area contributed by atoms with Gasteiger partial charge in [-0.05, 0) is 33.7 Å². The number of piperazine rings is 1. The van der Waals surface area contributed by atoms with E-state index < -0.39 is 0 Å². The molecule has 0 aromatic rings. The second-order valence-electron chi connectivity index (χ2n) is 5.60. The molecular formula is C14H29N3O. The lowest BCUT2D eigenvalue weighted by atomic mass is 10.1. The fraction of sp³-hybridized carbons (Fsp3) is 0.929. The highest BCUT2D eigenvalue weighted by Crippen LogP contribution is 2.44. The molecule has 1 saturated carbocycles. The van der Waals surface area contributed by atoms with Crippen LogP contribution in [0.3, 0.4) is 0 Å². The lowest BCUT2D eigenvalue weighted by Crippen LogP contribution is -2.59. The fourth-order valence-corrected chi connectivity index (χ4v) is 2.46. The molecule has 1 aliphatic carbocycles. The molecule has 0 N–H and O–H groups in total. The van der Waals surface area contributed by atoms with Gasteiger partial charge in [0, 0.05) is 32.7 Å². The first-order valence-corrected chi connectivity index (χ1v) is 7.19. The topological polar surface area (TPSA) is 26.8 Å². The van der Waals surface area contributed by atoms with Crippen LogP contribution in [0.1, 0.15) is 40.5 Å². The van der Waals surface area contributed by atoms with Crippen molar-refractivity contribution >= 4 is 6.03 Å². The van der Waals surface area contributed by atoms with Crippen LogP contribution in [0.15, 0.2) is 0 Å². The van der Waals surface area contributed by atoms with Crippen LogP contribution in [0.25, 0.3) is 0 Å². The molecule has 4 nitrogen and oxygen atoms in total. The third-order valence-electron chi connectivity index (χ3n) is 3.98. The van der Waals surface area contributed by atoms with E-state index in [2.05, 4.69) is 30.7 Å². The molecule has 2 rings (SSSR count). The summed E-state index contributed by atoms with van der Waals surface area (Å²) in [5.41, 5.74) is 0.174. The van der Waals surface area contributed by atoms with Crippen molar-refractivity contribution < 1.29 is 4.79 Å². The van der Waals surface area contributed by atoms with Crippen LogP contribution in [-0.2, 0) is 0 Å². The van der Waals surface area contributed by atoms with E-state index in [0.29, 0.717) is 0 Å². The Morgan fingerprint density at radius 2 is 1.78 bits per heavy atom. The van der Waals surface area contributed by atoms with Gasteiger partial charge in [0.1, 0.15) is 0 Å². The van der Waals surface area contributed by atoms with E-state index in [1.54, 1.807) is 0 Å². The first kappa shape index (κ1) is 15.3. The molecule has 2 amide bonds. The maximum absolute atomic E-state index is 12.3. The zero-order chi connectivity index (χ0) is 13.9. The molecule has 2 aliphatic rings. The molecule has 1 aliphatic heterocycles. The summed E-state index contributed by atoms with van der Waals surface area (Å²) in [4.78, 5) is 18.6. The Morgan fingerprint density at radius 1 is 1.22 bits per heavy atom. The number of rotatable bonds is 1. The average molecular weight is 255 g/mol. The maximum atomic E-state index is 12.3. The summed E-state index contributed by atoms with van der Waals surface area (Å²) in [6.07, 6.45) is 2.35. The number of hydrogen-bond donors (Lipinski definition) is 0. The largest absolute Gasteiger partial charge is 0.325 e. The van der Waals surface area contributed by atoms with E-state index in [9.17, 15) is 4.79 Å². The predicted molar refractivity (Wildman–Crippen MR) is 75.8 cm³/mol. The zero-order valence-electron chi connectivity index (χ0n) is 12.9. The van der Waals surface area contributed by atoms with E-state index in [-0.39, 0.29) is 17.6 Å². The normalized spacial score (nSPS) is 21.6. The van der Waals surface area contributed by atoms with Crippen LogP contribution in [-0.4, -0.2) is 66.0 Å². The summed E-state index contributed by atoms with van der Waals surface area (Å²) >= 11 is 0. The Kier molecular flexibility index (Phi) is 5.02. The zero-order valence-corrected chi connectivity index (χ0v) is 12.9. The van der Waals surface area contributed by atoms with Gasteiger partial charge in [-0.3, -0.25) is 0 Å². The van der Waals surface area contributed by atoms with Crippen molar-refractivity contribution in [3.63, 3.8) is 0 Å². The molecule has 2 fully saturated rings. The van der Waals surface area contributed by atoms with Gasteiger partial charge in [-0.2, -0.15) is 0 Å². The molecule has 106 valence electrons. The van der Waals surface area contributed by atoms with Gasteiger partial charge in [0.05, 0.1) is 5.54 Å². The van der Waals surface area contributed by atoms with Crippen molar-refractivity contribution in [3.05, 3.63) is 0 Å². The number of carbonyl (C=O) groups is 1. The van der Waals surface area contributed by atoms with Gasteiger partial charge in [-0.15, -0.1) is 0 Å². The lowest BCUT2D eigenvalue weighted by molar-refractivity contribution is 0.0738. The number of likely N-dealkylation sites (N-methyl/N-ethyl adjacent to an activating group) is 1. The number of hydrogen-bond acceptors (Lipinski definition) is 2. The van der Waals surface area contributed by atoms with Gasteiger partial charge in [0.2, 0.25) is 0 Å². The lowest BCUT2D eigenvalue weighted by Gasteiger charge is -2.43. The first-order valence-electron chi connectivity index (χ1n) is 7.19. The highest BCUT2D eigenvalue weighted by atomic mass is 16.2. The number of amides is 2. The smallest absolute Gasteiger partial charge is 0.320 e. The third kappa shape index (κ3) is 2.97. The van der Waals surface area contributed by atoms with E-state index >= 15 is 0 Å². The van der Waals surface area contributed by atoms with Crippen molar-refractivity contribution in [3.8, 4) is 0 Å². The van der Waals surface area contributed by atoms with Crippen LogP contribution >= 0.6 is 0 Å². The Morgan fingerprint density at radius 3 is 2.22 bits per heavy atom. The predicted octanol–water partition coefficient (Wildman–Crippen LogP) is 2.25. The molecule has 0 aromatic carbocycles. The molecule has 0 unspecified atom stereocenters. The van der Waals surface area contributed by atoms with E-state index in [1.165, 1.54) is 12.8 Å². The Balaban J connectivity index is 0.000000771. The highest BCUT2D eigenvalue weighted by molar-refractivity contribution is 5.76. The van der Waals surface area contributed by atoms with Crippen molar-refractivity contribution in [2.24, 2.45) is 0 Å². The molecule has 1 heterocycles. The molecule has 0 bridgehead atoms. The van der Waals surface area contributed by atoms with Gasteiger partial charge >= 0.3 is 6.03 Å². The van der Waals surface area contributed by atoms with Gasteiger partial charge in [-0.25, -0.2) is 4.79 Å².